The standard InChI is InChI=1S/C24H15ClN4O6/c1-33-22-20(25)21(27-29-28-22)26-16-8-12(31)10-18-19(16)24(15-7-6-11(30)9-17(15)34-18)14-5-3-2-4-13(14)23(32)35-24/h2-10,30-31H,1H3,(H,26,27,28). The second-order valence-electron chi connectivity index (χ2n) is 7.85. The third-order valence-electron chi connectivity index (χ3n) is 5.90. The number of ether oxygens (including phenoxy) is 3. The van der Waals surface area contributed by atoms with Crippen LogP contribution in [-0.4, -0.2) is 38.7 Å². The normalized spacial score (nSPS) is 17.1. The molecule has 2 aliphatic rings. The summed E-state index contributed by atoms with van der Waals surface area (Å²) in [5, 5.41) is 35.0. The Hall–Kier alpha value is -4.57. The summed E-state index contributed by atoms with van der Waals surface area (Å²) in [6.07, 6.45) is 0. The molecule has 3 aromatic carbocycles. The van der Waals surface area contributed by atoms with E-state index >= 15 is 0 Å². The molecule has 0 saturated carbocycles. The molecule has 35 heavy (non-hydrogen) atoms. The van der Waals surface area contributed by atoms with E-state index in [-0.39, 0.29) is 45.4 Å². The number of carbonyl (C=O) groups excluding carboxylic acids is 1. The number of rotatable bonds is 3. The highest BCUT2D eigenvalue weighted by atomic mass is 35.5. The molecule has 174 valence electrons. The quantitative estimate of drug-likeness (QED) is 0.357. The molecule has 6 rings (SSSR count). The Morgan fingerprint density at radius 3 is 2.63 bits per heavy atom. The fourth-order valence-electron chi connectivity index (χ4n) is 4.52. The first-order valence-corrected chi connectivity index (χ1v) is 10.7. The van der Waals surface area contributed by atoms with Crippen molar-refractivity contribution in [1.82, 2.24) is 15.4 Å². The number of halogens is 1. The van der Waals surface area contributed by atoms with Crippen molar-refractivity contribution >= 4 is 29.1 Å². The van der Waals surface area contributed by atoms with Crippen LogP contribution in [0.3, 0.4) is 0 Å². The number of fused-ring (bicyclic) bond motifs is 6. The number of phenols is 2. The van der Waals surface area contributed by atoms with Gasteiger partial charge >= 0.3 is 5.97 Å². The van der Waals surface area contributed by atoms with Crippen molar-refractivity contribution in [1.29, 1.82) is 0 Å². The SMILES string of the molecule is COc1nnnc(Nc2cc(O)cc3c2C2(OC(=O)c4ccccc42)c2ccc(O)cc2O3)c1Cl. The summed E-state index contributed by atoms with van der Waals surface area (Å²) in [7, 11) is 1.39. The molecule has 3 N–H and O–H groups in total. The van der Waals surface area contributed by atoms with Gasteiger partial charge in [0.05, 0.1) is 23.9 Å². The number of benzene rings is 3. The first kappa shape index (κ1) is 21.0. The lowest BCUT2D eigenvalue weighted by molar-refractivity contribution is 0.0226. The van der Waals surface area contributed by atoms with E-state index in [1.165, 1.54) is 31.4 Å². The number of hydrogen-bond donors (Lipinski definition) is 3. The summed E-state index contributed by atoms with van der Waals surface area (Å²) < 4.78 is 17.3. The maximum atomic E-state index is 13.0. The van der Waals surface area contributed by atoms with Crippen LogP contribution in [0.15, 0.2) is 54.6 Å². The highest BCUT2D eigenvalue weighted by Crippen LogP contribution is 2.59. The maximum Gasteiger partial charge on any atom is 0.340 e. The summed E-state index contributed by atoms with van der Waals surface area (Å²) in [5.41, 5.74) is 0.645. The number of aromatic hydroxyl groups is 2. The lowest BCUT2D eigenvalue weighted by Gasteiger charge is -2.37. The van der Waals surface area contributed by atoms with Crippen molar-refractivity contribution in [2.75, 3.05) is 12.4 Å². The molecular formula is C24H15ClN4O6. The molecule has 0 bridgehead atoms. The number of nitrogens with one attached hydrogen (secondary N) is 1. The monoisotopic (exact) mass is 490 g/mol. The third-order valence-corrected chi connectivity index (χ3v) is 6.24. The fourth-order valence-corrected chi connectivity index (χ4v) is 4.72. The van der Waals surface area contributed by atoms with Gasteiger partial charge in [-0.15, -0.1) is 5.10 Å². The maximum absolute atomic E-state index is 13.0. The van der Waals surface area contributed by atoms with Crippen LogP contribution in [0.5, 0.6) is 28.9 Å². The van der Waals surface area contributed by atoms with Gasteiger partial charge in [-0.1, -0.05) is 34.9 Å². The Labute approximate surface area is 202 Å². The zero-order chi connectivity index (χ0) is 24.3. The number of anilines is 2. The molecular weight excluding hydrogens is 476 g/mol. The summed E-state index contributed by atoms with van der Waals surface area (Å²) >= 11 is 6.38. The number of carbonyl (C=O) groups is 1. The number of aromatic nitrogens is 3. The van der Waals surface area contributed by atoms with Crippen molar-refractivity contribution in [3.8, 4) is 28.9 Å². The van der Waals surface area contributed by atoms with Crippen LogP contribution in [0.2, 0.25) is 5.02 Å². The molecule has 4 aromatic rings. The van der Waals surface area contributed by atoms with Gasteiger partial charge in [0.25, 0.3) is 5.88 Å². The lowest BCUT2D eigenvalue weighted by Crippen LogP contribution is -2.33. The fraction of sp³-hybridized carbons (Fsp3) is 0.0833. The second kappa shape index (κ2) is 7.47. The van der Waals surface area contributed by atoms with Crippen LogP contribution in [0.1, 0.15) is 27.0 Å². The molecule has 11 heteroatoms. The van der Waals surface area contributed by atoms with Gasteiger partial charge in [0, 0.05) is 29.3 Å². The topological polar surface area (TPSA) is 136 Å². The van der Waals surface area contributed by atoms with Crippen molar-refractivity contribution in [3.05, 3.63) is 81.9 Å². The van der Waals surface area contributed by atoms with Crippen molar-refractivity contribution in [2.45, 2.75) is 5.60 Å². The molecule has 1 aromatic heterocycles. The van der Waals surface area contributed by atoms with E-state index in [0.717, 1.165) is 0 Å². The first-order chi connectivity index (χ1) is 16.9. The molecule has 0 radical (unpaired) electrons. The highest BCUT2D eigenvalue weighted by molar-refractivity contribution is 6.34. The van der Waals surface area contributed by atoms with Crippen molar-refractivity contribution in [2.24, 2.45) is 0 Å². The van der Waals surface area contributed by atoms with E-state index in [9.17, 15) is 15.0 Å². The zero-order valence-electron chi connectivity index (χ0n) is 17.9. The van der Waals surface area contributed by atoms with Gasteiger partial charge in [-0.25, -0.2) is 4.79 Å². The molecule has 0 fully saturated rings. The molecule has 1 unspecified atom stereocenters. The van der Waals surface area contributed by atoms with Gasteiger partial charge in [0.1, 0.15) is 28.0 Å². The summed E-state index contributed by atoms with van der Waals surface area (Å²) in [5.74, 6) is -0.118. The van der Waals surface area contributed by atoms with E-state index in [2.05, 4.69) is 20.7 Å². The number of phenolic OH excluding ortho intramolecular Hbond substituents is 2. The Bertz CT molecular complexity index is 1540. The third kappa shape index (κ3) is 2.96. The molecule has 1 spiro atoms. The van der Waals surface area contributed by atoms with Crippen LogP contribution in [0, 0.1) is 0 Å². The van der Waals surface area contributed by atoms with Gasteiger partial charge in [-0.05, 0) is 23.4 Å². The minimum atomic E-state index is -1.46. The average Bonchev–Trinajstić information content (AvgIpc) is 3.12. The zero-order valence-corrected chi connectivity index (χ0v) is 18.7. The Morgan fingerprint density at radius 2 is 1.80 bits per heavy atom. The van der Waals surface area contributed by atoms with Crippen LogP contribution in [0.4, 0.5) is 11.5 Å². The predicted octanol–water partition coefficient (Wildman–Crippen LogP) is 4.26. The molecule has 0 saturated heterocycles. The van der Waals surface area contributed by atoms with Crippen molar-refractivity contribution < 1.29 is 29.2 Å². The van der Waals surface area contributed by atoms with Gasteiger partial charge in [-0.2, -0.15) is 0 Å². The Morgan fingerprint density at radius 1 is 1.00 bits per heavy atom. The van der Waals surface area contributed by atoms with Gasteiger partial charge < -0.3 is 29.7 Å². The van der Waals surface area contributed by atoms with Crippen molar-refractivity contribution in [3.63, 3.8) is 0 Å². The van der Waals surface area contributed by atoms with Crippen LogP contribution < -0.4 is 14.8 Å². The summed E-state index contributed by atoms with van der Waals surface area (Å²) in [4.78, 5) is 13.0. The van der Waals surface area contributed by atoms with Gasteiger partial charge in [0.2, 0.25) is 0 Å². The number of methoxy groups -OCH3 is 1. The van der Waals surface area contributed by atoms with E-state index in [1.54, 1.807) is 30.3 Å². The van der Waals surface area contributed by atoms with Gasteiger partial charge in [-0.3, -0.25) is 0 Å². The molecule has 10 nitrogen and oxygen atoms in total. The molecule has 0 amide bonds. The molecule has 0 aliphatic carbocycles. The first-order valence-electron chi connectivity index (χ1n) is 10.3. The second-order valence-corrected chi connectivity index (χ2v) is 8.23. The van der Waals surface area contributed by atoms with E-state index in [0.29, 0.717) is 22.3 Å². The van der Waals surface area contributed by atoms with E-state index in [1.807, 2.05) is 0 Å². The highest BCUT2D eigenvalue weighted by Gasteiger charge is 2.55. The minimum absolute atomic E-state index is 0.0376. The average molecular weight is 491 g/mol. The van der Waals surface area contributed by atoms with E-state index in [4.69, 9.17) is 25.8 Å². The number of nitrogens with zero attached hydrogens (tertiary/aromatic N) is 3. The van der Waals surface area contributed by atoms with Crippen LogP contribution >= 0.6 is 11.6 Å². The molecule has 1 atom stereocenters. The predicted molar refractivity (Wildman–Crippen MR) is 123 cm³/mol. The lowest BCUT2D eigenvalue weighted by atomic mass is 9.77. The number of esters is 1. The van der Waals surface area contributed by atoms with Crippen LogP contribution in [-0.2, 0) is 10.3 Å². The Kier molecular flexibility index (Phi) is 4.48. The summed E-state index contributed by atoms with van der Waals surface area (Å²) in [6.45, 7) is 0. The van der Waals surface area contributed by atoms with Gasteiger partial charge in [0.15, 0.2) is 11.4 Å². The van der Waals surface area contributed by atoms with Crippen LogP contribution in [0.25, 0.3) is 0 Å². The molecule has 2 aliphatic heterocycles. The number of hydrogen-bond acceptors (Lipinski definition) is 10. The summed E-state index contributed by atoms with van der Waals surface area (Å²) in [6, 6.07) is 14.3. The Balaban J connectivity index is 1.66. The molecule has 3 heterocycles. The smallest absolute Gasteiger partial charge is 0.340 e. The largest absolute Gasteiger partial charge is 0.508 e. The van der Waals surface area contributed by atoms with E-state index < -0.39 is 11.6 Å². The minimum Gasteiger partial charge on any atom is -0.508 e.